The van der Waals surface area contributed by atoms with Crippen molar-refractivity contribution in [2.45, 2.75) is 45.6 Å². The first-order chi connectivity index (χ1) is 6.59. The van der Waals surface area contributed by atoms with Gasteiger partial charge in [-0.15, -0.1) is 0 Å². The van der Waals surface area contributed by atoms with Gasteiger partial charge in [-0.1, -0.05) is 20.8 Å². The van der Waals surface area contributed by atoms with Crippen molar-refractivity contribution in [3.05, 3.63) is 17.2 Å². The number of aromatic nitrogens is 2. The summed E-state index contributed by atoms with van der Waals surface area (Å²) in [5, 5.41) is 0. The Bertz CT molecular complexity index is 327. The number of nitrogens with two attached hydrogens (primary N) is 1. The summed E-state index contributed by atoms with van der Waals surface area (Å²) in [7, 11) is 0. The largest absolute Gasteiger partial charge is 0.344 e. The molecule has 0 radical (unpaired) electrons. The molecule has 1 aromatic rings. The first-order valence-corrected chi connectivity index (χ1v) is 5.44. The normalized spacial score (nSPS) is 22.8. The predicted molar refractivity (Wildman–Crippen MR) is 57.1 cm³/mol. The first-order valence-electron chi connectivity index (χ1n) is 5.44. The highest BCUT2D eigenvalue weighted by atomic mass is 15.0. The van der Waals surface area contributed by atoms with Crippen molar-refractivity contribution in [2.75, 3.05) is 0 Å². The van der Waals surface area contributed by atoms with Crippen molar-refractivity contribution >= 4 is 0 Å². The Kier molecular flexibility index (Phi) is 2.35. The molecule has 3 heteroatoms. The van der Waals surface area contributed by atoms with E-state index in [0.717, 1.165) is 12.2 Å². The van der Waals surface area contributed by atoms with Crippen molar-refractivity contribution in [3.63, 3.8) is 0 Å². The summed E-state index contributed by atoms with van der Waals surface area (Å²) in [5.74, 6) is 2.02. The van der Waals surface area contributed by atoms with Gasteiger partial charge in [0, 0.05) is 11.6 Å². The number of hydrogen-bond acceptors (Lipinski definition) is 2. The molecule has 0 saturated heterocycles. The van der Waals surface area contributed by atoms with Crippen LogP contribution in [0.25, 0.3) is 0 Å². The van der Waals surface area contributed by atoms with Gasteiger partial charge in [-0.2, -0.15) is 0 Å². The van der Waals surface area contributed by atoms with E-state index < -0.39 is 0 Å². The van der Waals surface area contributed by atoms with Crippen LogP contribution >= 0.6 is 0 Å². The summed E-state index contributed by atoms with van der Waals surface area (Å²) in [5.41, 5.74) is 8.61. The van der Waals surface area contributed by atoms with Crippen molar-refractivity contribution in [3.8, 4) is 0 Å². The average Bonchev–Trinajstić information content (AvgIpc) is 2.67. The van der Waals surface area contributed by atoms with Gasteiger partial charge in [0.25, 0.3) is 0 Å². The molecule has 0 spiro atoms. The molecule has 2 rings (SSSR count). The van der Waals surface area contributed by atoms with E-state index in [1.807, 2.05) is 0 Å². The molecule has 14 heavy (non-hydrogen) atoms. The van der Waals surface area contributed by atoms with E-state index in [9.17, 15) is 0 Å². The van der Waals surface area contributed by atoms with Crippen LogP contribution in [0, 0.1) is 5.92 Å². The third-order valence-corrected chi connectivity index (χ3v) is 3.16. The van der Waals surface area contributed by atoms with E-state index in [0.29, 0.717) is 11.8 Å². The van der Waals surface area contributed by atoms with Crippen LogP contribution in [0.4, 0.5) is 0 Å². The second kappa shape index (κ2) is 3.39. The molecule has 3 nitrogen and oxygen atoms in total. The summed E-state index contributed by atoms with van der Waals surface area (Å²) in [4.78, 5) is 7.98. The third-order valence-electron chi connectivity index (χ3n) is 3.16. The molecule has 1 heterocycles. The fraction of sp³-hybridized carbons (Fsp3) is 0.727. The molecule has 0 aliphatic heterocycles. The number of nitrogens with one attached hydrogen (secondary N) is 1. The number of fused-ring (bicyclic) bond motifs is 1. The molecule has 2 atom stereocenters. The SMILES string of the molecule is CC1CCc2[nH]c([C@@H](N)C(C)C)nc21. The molecule has 1 aliphatic rings. The number of aryl methyl sites for hydroxylation is 1. The minimum Gasteiger partial charge on any atom is -0.344 e. The lowest BCUT2D eigenvalue weighted by atomic mass is 10.1. The van der Waals surface area contributed by atoms with Gasteiger partial charge in [0.1, 0.15) is 5.82 Å². The molecule has 1 unspecified atom stereocenters. The Morgan fingerprint density at radius 2 is 2.21 bits per heavy atom. The molecule has 3 N–H and O–H groups in total. The maximum Gasteiger partial charge on any atom is 0.123 e. The molecule has 0 bridgehead atoms. The molecule has 1 aliphatic carbocycles. The number of H-pyrrole nitrogens is 1. The molecule has 78 valence electrons. The second-order valence-electron chi connectivity index (χ2n) is 4.70. The molecular formula is C11H19N3. The quantitative estimate of drug-likeness (QED) is 0.756. The fourth-order valence-corrected chi connectivity index (χ4v) is 2.01. The van der Waals surface area contributed by atoms with Crippen LogP contribution in [-0.4, -0.2) is 9.97 Å². The van der Waals surface area contributed by atoms with Gasteiger partial charge in [-0.3, -0.25) is 0 Å². The van der Waals surface area contributed by atoms with Crippen molar-refractivity contribution in [1.82, 2.24) is 9.97 Å². The summed E-state index contributed by atoms with van der Waals surface area (Å²) in [6.45, 7) is 6.49. The Labute approximate surface area is 85.1 Å². The van der Waals surface area contributed by atoms with Crippen LogP contribution in [0.5, 0.6) is 0 Å². The summed E-state index contributed by atoms with van der Waals surface area (Å²) in [6.07, 6.45) is 2.36. The number of hydrogen-bond donors (Lipinski definition) is 2. The van der Waals surface area contributed by atoms with Crippen LogP contribution in [0.3, 0.4) is 0 Å². The monoisotopic (exact) mass is 193 g/mol. The molecule has 0 amide bonds. The Hall–Kier alpha value is -0.830. The van der Waals surface area contributed by atoms with Gasteiger partial charge in [-0.05, 0) is 18.8 Å². The number of rotatable bonds is 2. The number of aromatic amines is 1. The lowest BCUT2D eigenvalue weighted by molar-refractivity contribution is 0.491. The van der Waals surface area contributed by atoms with Gasteiger partial charge in [0.2, 0.25) is 0 Å². The molecule has 0 aromatic carbocycles. The highest BCUT2D eigenvalue weighted by Crippen LogP contribution is 2.32. The third kappa shape index (κ3) is 1.46. The zero-order valence-electron chi connectivity index (χ0n) is 9.17. The Balaban J connectivity index is 2.26. The van der Waals surface area contributed by atoms with Crippen LogP contribution in [0.1, 0.15) is 56.4 Å². The maximum atomic E-state index is 6.05. The predicted octanol–water partition coefficient (Wildman–Crippen LogP) is 2.12. The van der Waals surface area contributed by atoms with Crippen LogP contribution in [0.15, 0.2) is 0 Å². The smallest absolute Gasteiger partial charge is 0.123 e. The lowest BCUT2D eigenvalue weighted by Crippen LogP contribution is -2.18. The fourth-order valence-electron chi connectivity index (χ4n) is 2.01. The van der Waals surface area contributed by atoms with Gasteiger partial charge < -0.3 is 10.7 Å². The van der Waals surface area contributed by atoms with Crippen molar-refractivity contribution < 1.29 is 0 Å². The van der Waals surface area contributed by atoms with Crippen LogP contribution < -0.4 is 5.73 Å². The topological polar surface area (TPSA) is 54.7 Å². The average molecular weight is 193 g/mol. The maximum absolute atomic E-state index is 6.05. The van der Waals surface area contributed by atoms with E-state index in [1.165, 1.54) is 17.8 Å². The molecule has 0 saturated carbocycles. The number of nitrogens with zero attached hydrogens (tertiary/aromatic N) is 1. The minimum atomic E-state index is 0.0489. The molecule has 1 aromatic heterocycles. The van der Waals surface area contributed by atoms with Crippen LogP contribution in [0.2, 0.25) is 0 Å². The van der Waals surface area contributed by atoms with Gasteiger partial charge >= 0.3 is 0 Å². The highest BCUT2D eigenvalue weighted by molar-refractivity contribution is 5.25. The first kappa shape index (κ1) is 9.71. The van der Waals surface area contributed by atoms with Gasteiger partial charge in [-0.25, -0.2) is 4.98 Å². The molecule has 0 fully saturated rings. The van der Waals surface area contributed by atoms with E-state index in [-0.39, 0.29) is 6.04 Å². The molecular weight excluding hydrogens is 174 g/mol. The highest BCUT2D eigenvalue weighted by Gasteiger charge is 2.25. The van der Waals surface area contributed by atoms with E-state index in [2.05, 4.69) is 30.7 Å². The summed E-state index contributed by atoms with van der Waals surface area (Å²) >= 11 is 0. The van der Waals surface area contributed by atoms with E-state index >= 15 is 0 Å². The van der Waals surface area contributed by atoms with Gasteiger partial charge in [0.15, 0.2) is 0 Å². The Morgan fingerprint density at radius 3 is 2.79 bits per heavy atom. The zero-order valence-corrected chi connectivity index (χ0v) is 9.17. The second-order valence-corrected chi connectivity index (χ2v) is 4.70. The van der Waals surface area contributed by atoms with Crippen molar-refractivity contribution in [1.29, 1.82) is 0 Å². The summed E-state index contributed by atoms with van der Waals surface area (Å²) in [6, 6.07) is 0.0489. The van der Waals surface area contributed by atoms with E-state index in [1.54, 1.807) is 0 Å². The van der Waals surface area contributed by atoms with E-state index in [4.69, 9.17) is 5.73 Å². The summed E-state index contributed by atoms with van der Waals surface area (Å²) < 4.78 is 0. The van der Waals surface area contributed by atoms with Gasteiger partial charge in [0.05, 0.1) is 11.7 Å². The minimum absolute atomic E-state index is 0.0489. The number of imidazole rings is 1. The van der Waals surface area contributed by atoms with Crippen LogP contribution in [-0.2, 0) is 6.42 Å². The Morgan fingerprint density at radius 1 is 1.50 bits per heavy atom. The lowest BCUT2D eigenvalue weighted by Gasteiger charge is -2.12. The zero-order chi connectivity index (χ0) is 10.3. The standard InChI is InChI=1S/C11H19N3/c1-6(2)9(12)11-13-8-5-4-7(3)10(8)14-11/h6-7,9H,4-5,12H2,1-3H3,(H,13,14)/t7?,9-/m0/s1. The van der Waals surface area contributed by atoms with Crippen molar-refractivity contribution in [2.24, 2.45) is 11.7 Å².